The lowest BCUT2D eigenvalue weighted by Crippen LogP contribution is -2.27. The summed E-state index contributed by atoms with van der Waals surface area (Å²) in [6, 6.07) is 0. The van der Waals surface area contributed by atoms with Crippen molar-refractivity contribution >= 4 is 11.6 Å². The van der Waals surface area contributed by atoms with Gasteiger partial charge >= 0.3 is 0 Å². The van der Waals surface area contributed by atoms with Gasteiger partial charge < -0.3 is 15.7 Å². The molecule has 1 aromatic heterocycles. The fourth-order valence-electron chi connectivity index (χ4n) is 1.35. The van der Waals surface area contributed by atoms with Crippen LogP contribution in [0, 0.1) is 12.3 Å². The minimum Gasteiger partial charge on any atom is -0.396 e. The lowest BCUT2D eigenvalue weighted by Gasteiger charge is -2.23. The highest BCUT2D eigenvalue weighted by atomic mass is 16.3. The first-order chi connectivity index (χ1) is 8.00. The van der Waals surface area contributed by atoms with Crippen LogP contribution >= 0.6 is 0 Å². The van der Waals surface area contributed by atoms with Crippen LogP contribution in [0.25, 0.3) is 0 Å². The van der Waals surface area contributed by atoms with E-state index in [2.05, 4.69) is 20.6 Å². The molecule has 96 valence electrons. The molecular weight excluding hydrogens is 216 g/mol. The van der Waals surface area contributed by atoms with Gasteiger partial charge in [0, 0.05) is 30.7 Å². The molecule has 0 saturated heterocycles. The molecular formula is C12H22N4O. The van der Waals surface area contributed by atoms with Crippen molar-refractivity contribution in [3.05, 3.63) is 11.9 Å². The number of aliphatic hydroxyl groups is 1. The molecule has 1 heterocycles. The van der Waals surface area contributed by atoms with Gasteiger partial charge in [-0.25, -0.2) is 9.97 Å². The molecule has 0 aliphatic heterocycles. The molecule has 0 aromatic carbocycles. The van der Waals surface area contributed by atoms with Gasteiger partial charge in [-0.05, 0) is 13.8 Å². The Morgan fingerprint density at radius 3 is 2.35 bits per heavy atom. The summed E-state index contributed by atoms with van der Waals surface area (Å²) in [6.07, 6.45) is 1.54. The molecule has 5 nitrogen and oxygen atoms in total. The SMILES string of the molecule is CCNc1ncnc(NCC(C)(C)CO)c1C. The van der Waals surface area contributed by atoms with Gasteiger partial charge in [0.2, 0.25) is 0 Å². The van der Waals surface area contributed by atoms with Crippen LogP contribution < -0.4 is 10.6 Å². The molecule has 0 saturated carbocycles. The summed E-state index contributed by atoms with van der Waals surface area (Å²) in [5.74, 6) is 1.67. The molecule has 1 rings (SSSR count). The lowest BCUT2D eigenvalue weighted by molar-refractivity contribution is 0.170. The van der Waals surface area contributed by atoms with Gasteiger partial charge in [-0.2, -0.15) is 0 Å². The molecule has 0 amide bonds. The number of hydrogen-bond acceptors (Lipinski definition) is 5. The van der Waals surface area contributed by atoms with Crippen LogP contribution in [0.4, 0.5) is 11.6 Å². The van der Waals surface area contributed by atoms with E-state index in [-0.39, 0.29) is 12.0 Å². The van der Waals surface area contributed by atoms with Crippen molar-refractivity contribution in [3.8, 4) is 0 Å². The maximum Gasteiger partial charge on any atom is 0.134 e. The van der Waals surface area contributed by atoms with Gasteiger partial charge in [-0.15, -0.1) is 0 Å². The summed E-state index contributed by atoms with van der Waals surface area (Å²) in [5.41, 5.74) is 0.846. The molecule has 0 fully saturated rings. The van der Waals surface area contributed by atoms with Crippen LogP contribution in [0.1, 0.15) is 26.3 Å². The molecule has 0 radical (unpaired) electrons. The summed E-state index contributed by atoms with van der Waals surface area (Å²) in [7, 11) is 0. The van der Waals surface area contributed by atoms with Crippen molar-refractivity contribution in [3.63, 3.8) is 0 Å². The van der Waals surface area contributed by atoms with Crippen molar-refractivity contribution < 1.29 is 5.11 Å². The number of anilines is 2. The zero-order chi connectivity index (χ0) is 12.9. The van der Waals surface area contributed by atoms with Crippen LogP contribution in [0.15, 0.2) is 6.33 Å². The number of nitrogens with zero attached hydrogens (tertiary/aromatic N) is 2. The molecule has 1 aromatic rings. The highest BCUT2D eigenvalue weighted by Gasteiger charge is 2.17. The Morgan fingerprint density at radius 1 is 1.24 bits per heavy atom. The third kappa shape index (κ3) is 3.85. The summed E-state index contributed by atoms with van der Waals surface area (Å²) >= 11 is 0. The van der Waals surface area contributed by atoms with Crippen LogP contribution in [0.5, 0.6) is 0 Å². The number of hydrogen-bond donors (Lipinski definition) is 3. The largest absolute Gasteiger partial charge is 0.396 e. The number of rotatable bonds is 6. The van der Waals surface area contributed by atoms with Gasteiger partial charge in [0.25, 0.3) is 0 Å². The molecule has 0 aliphatic rings. The Balaban J connectivity index is 2.75. The van der Waals surface area contributed by atoms with E-state index in [0.717, 1.165) is 23.7 Å². The van der Waals surface area contributed by atoms with Gasteiger partial charge in [-0.1, -0.05) is 13.8 Å². The fraction of sp³-hybridized carbons (Fsp3) is 0.667. The maximum atomic E-state index is 9.20. The molecule has 0 unspecified atom stereocenters. The van der Waals surface area contributed by atoms with E-state index >= 15 is 0 Å². The standard InChI is InChI=1S/C12H22N4O/c1-5-13-10-9(2)11(16-8-15-10)14-6-12(3,4)7-17/h8,17H,5-7H2,1-4H3,(H2,13,14,15,16). The van der Waals surface area contributed by atoms with Gasteiger partial charge in [0.1, 0.15) is 18.0 Å². The molecule has 0 atom stereocenters. The maximum absolute atomic E-state index is 9.20. The average Bonchev–Trinajstić information content (AvgIpc) is 2.31. The Morgan fingerprint density at radius 2 is 1.82 bits per heavy atom. The quantitative estimate of drug-likeness (QED) is 0.703. The van der Waals surface area contributed by atoms with Crippen LogP contribution in [-0.4, -0.2) is 34.8 Å². The molecule has 0 aliphatic carbocycles. The minimum absolute atomic E-state index is 0.143. The van der Waals surface area contributed by atoms with E-state index in [1.807, 2.05) is 27.7 Å². The number of aliphatic hydroxyl groups excluding tert-OH is 1. The first-order valence-electron chi connectivity index (χ1n) is 5.90. The molecule has 17 heavy (non-hydrogen) atoms. The molecule has 5 heteroatoms. The van der Waals surface area contributed by atoms with Crippen LogP contribution in [0.3, 0.4) is 0 Å². The second-order valence-electron chi connectivity index (χ2n) is 4.90. The van der Waals surface area contributed by atoms with Crippen molar-refractivity contribution in [2.75, 3.05) is 30.3 Å². The number of aromatic nitrogens is 2. The highest BCUT2D eigenvalue weighted by molar-refractivity contribution is 5.56. The van der Waals surface area contributed by atoms with Crippen molar-refractivity contribution in [1.29, 1.82) is 0 Å². The third-order valence-electron chi connectivity index (χ3n) is 2.59. The summed E-state index contributed by atoms with van der Waals surface area (Å²) in [4.78, 5) is 8.40. The van der Waals surface area contributed by atoms with Crippen molar-refractivity contribution in [1.82, 2.24) is 9.97 Å². The van der Waals surface area contributed by atoms with E-state index in [1.165, 1.54) is 0 Å². The molecule has 0 spiro atoms. The number of nitrogens with one attached hydrogen (secondary N) is 2. The zero-order valence-electron chi connectivity index (χ0n) is 11.0. The smallest absolute Gasteiger partial charge is 0.134 e. The van der Waals surface area contributed by atoms with Gasteiger partial charge in [0.15, 0.2) is 0 Å². The lowest BCUT2D eigenvalue weighted by atomic mass is 9.95. The second-order valence-corrected chi connectivity index (χ2v) is 4.90. The van der Waals surface area contributed by atoms with Crippen LogP contribution in [0.2, 0.25) is 0 Å². The minimum atomic E-state index is -0.157. The van der Waals surface area contributed by atoms with Crippen molar-refractivity contribution in [2.45, 2.75) is 27.7 Å². The highest BCUT2D eigenvalue weighted by Crippen LogP contribution is 2.20. The first kappa shape index (κ1) is 13.7. The summed E-state index contributed by atoms with van der Waals surface area (Å²) in [6.45, 7) is 9.66. The summed E-state index contributed by atoms with van der Waals surface area (Å²) < 4.78 is 0. The van der Waals surface area contributed by atoms with E-state index in [1.54, 1.807) is 6.33 Å². The van der Waals surface area contributed by atoms with Gasteiger partial charge in [0.05, 0.1) is 0 Å². The molecule has 3 N–H and O–H groups in total. The predicted octanol–water partition coefficient (Wildman–Crippen LogP) is 1.65. The van der Waals surface area contributed by atoms with Crippen LogP contribution in [-0.2, 0) is 0 Å². The Bertz CT molecular complexity index is 366. The van der Waals surface area contributed by atoms with Gasteiger partial charge in [-0.3, -0.25) is 0 Å². The van der Waals surface area contributed by atoms with E-state index in [9.17, 15) is 5.11 Å². The second kappa shape index (κ2) is 5.82. The zero-order valence-corrected chi connectivity index (χ0v) is 11.0. The predicted molar refractivity (Wildman–Crippen MR) is 70.3 cm³/mol. The third-order valence-corrected chi connectivity index (χ3v) is 2.59. The average molecular weight is 238 g/mol. The fourth-order valence-corrected chi connectivity index (χ4v) is 1.35. The Kier molecular flexibility index (Phi) is 4.69. The van der Waals surface area contributed by atoms with E-state index < -0.39 is 0 Å². The Labute approximate surface area is 103 Å². The molecule has 0 bridgehead atoms. The first-order valence-corrected chi connectivity index (χ1v) is 5.90. The topological polar surface area (TPSA) is 70.1 Å². The Hall–Kier alpha value is -1.36. The summed E-state index contributed by atoms with van der Waals surface area (Å²) in [5, 5.41) is 15.6. The van der Waals surface area contributed by atoms with Crippen molar-refractivity contribution in [2.24, 2.45) is 5.41 Å². The monoisotopic (exact) mass is 238 g/mol. The van der Waals surface area contributed by atoms with E-state index in [4.69, 9.17) is 0 Å². The normalized spacial score (nSPS) is 11.4. The van der Waals surface area contributed by atoms with E-state index in [0.29, 0.717) is 6.54 Å².